The lowest BCUT2D eigenvalue weighted by molar-refractivity contribution is 0.397. The zero-order valence-corrected chi connectivity index (χ0v) is 9.82. The number of methoxy groups -OCH3 is 1. The second-order valence-electron chi connectivity index (χ2n) is 3.99. The number of halogens is 1. The molecular formula is C14H16FNO. The summed E-state index contributed by atoms with van der Waals surface area (Å²) < 4.78 is 17.8. The van der Waals surface area contributed by atoms with Crippen LogP contribution in [0.15, 0.2) is 36.4 Å². The van der Waals surface area contributed by atoms with Crippen molar-refractivity contribution in [1.82, 2.24) is 0 Å². The second kappa shape index (κ2) is 5.15. The average molecular weight is 233 g/mol. The summed E-state index contributed by atoms with van der Waals surface area (Å²) in [6.45, 7) is -0.423. The molecule has 2 N–H and O–H groups in total. The fraction of sp³-hybridized carbons (Fsp3) is 0.286. The molecule has 0 amide bonds. The minimum absolute atomic E-state index is 0.310. The van der Waals surface area contributed by atoms with Crippen LogP contribution < -0.4 is 10.5 Å². The Morgan fingerprint density at radius 2 is 2.00 bits per heavy atom. The van der Waals surface area contributed by atoms with E-state index >= 15 is 0 Å². The van der Waals surface area contributed by atoms with Gasteiger partial charge in [0, 0.05) is 11.6 Å². The van der Waals surface area contributed by atoms with E-state index in [0.29, 0.717) is 6.42 Å². The van der Waals surface area contributed by atoms with Crippen LogP contribution in [0.5, 0.6) is 5.75 Å². The van der Waals surface area contributed by atoms with E-state index in [9.17, 15) is 4.39 Å². The van der Waals surface area contributed by atoms with Crippen LogP contribution >= 0.6 is 0 Å². The van der Waals surface area contributed by atoms with Crippen LogP contribution in [0, 0.1) is 0 Å². The number of nitrogens with two attached hydrogens (primary N) is 1. The molecule has 0 unspecified atom stereocenters. The molecule has 2 rings (SSSR count). The van der Waals surface area contributed by atoms with Crippen molar-refractivity contribution in [3.05, 3.63) is 42.0 Å². The summed E-state index contributed by atoms with van der Waals surface area (Å²) in [6.07, 6.45) is 0.310. The van der Waals surface area contributed by atoms with Crippen LogP contribution in [0.3, 0.4) is 0 Å². The molecule has 2 aromatic carbocycles. The van der Waals surface area contributed by atoms with E-state index in [1.807, 2.05) is 36.4 Å². The van der Waals surface area contributed by atoms with Gasteiger partial charge in [0.1, 0.15) is 5.75 Å². The van der Waals surface area contributed by atoms with E-state index in [-0.39, 0.29) is 6.04 Å². The Morgan fingerprint density at radius 3 is 2.71 bits per heavy atom. The van der Waals surface area contributed by atoms with Crippen molar-refractivity contribution in [2.75, 3.05) is 13.8 Å². The Bertz CT molecular complexity index is 513. The number of fused-ring (bicyclic) bond motifs is 1. The lowest BCUT2D eigenvalue weighted by Gasteiger charge is -2.17. The first-order valence-corrected chi connectivity index (χ1v) is 5.65. The molecule has 2 nitrogen and oxygen atoms in total. The summed E-state index contributed by atoms with van der Waals surface area (Å²) in [5.74, 6) is 0.727. The molecule has 3 heteroatoms. The first-order valence-electron chi connectivity index (χ1n) is 5.65. The lowest BCUT2D eigenvalue weighted by atomic mass is 9.96. The van der Waals surface area contributed by atoms with Gasteiger partial charge in [0.25, 0.3) is 0 Å². The molecule has 0 saturated heterocycles. The standard InChI is InChI=1S/C14H16FNO/c1-17-13-7-6-10-4-2-3-5-11(10)14(13)12(16)8-9-15/h2-7,12H,8-9,16H2,1H3/t12-/m0/s1. The molecule has 0 spiro atoms. The highest BCUT2D eigenvalue weighted by Gasteiger charge is 2.15. The van der Waals surface area contributed by atoms with E-state index < -0.39 is 6.67 Å². The SMILES string of the molecule is COc1ccc2ccccc2c1[C@@H](N)CCF. The maximum Gasteiger partial charge on any atom is 0.124 e. The molecule has 0 bridgehead atoms. The van der Waals surface area contributed by atoms with Crippen molar-refractivity contribution >= 4 is 10.8 Å². The molecule has 0 aromatic heterocycles. The summed E-state index contributed by atoms with van der Waals surface area (Å²) in [7, 11) is 1.61. The van der Waals surface area contributed by atoms with Gasteiger partial charge < -0.3 is 10.5 Å². The van der Waals surface area contributed by atoms with Gasteiger partial charge in [-0.05, 0) is 23.3 Å². The molecule has 0 heterocycles. The fourth-order valence-electron chi connectivity index (χ4n) is 2.10. The Labute approximate surface area is 100 Å². The van der Waals surface area contributed by atoms with Gasteiger partial charge in [0.2, 0.25) is 0 Å². The molecule has 0 fully saturated rings. The molecule has 0 aliphatic heterocycles. The molecular weight excluding hydrogens is 217 g/mol. The number of ether oxygens (including phenoxy) is 1. The van der Waals surface area contributed by atoms with Crippen LogP contribution in [0.2, 0.25) is 0 Å². The lowest BCUT2D eigenvalue weighted by Crippen LogP contribution is -2.12. The second-order valence-corrected chi connectivity index (χ2v) is 3.99. The van der Waals surface area contributed by atoms with Crippen LogP contribution in [0.25, 0.3) is 10.8 Å². The van der Waals surface area contributed by atoms with Gasteiger partial charge in [-0.25, -0.2) is 0 Å². The highest BCUT2D eigenvalue weighted by atomic mass is 19.1. The van der Waals surface area contributed by atoms with Gasteiger partial charge >= 0.3 is 0 Å². The Kier molecular flexibility index (Phi) is 3.59. The maximum absolute atomic E-state index is 12.4. The summed E-state index contributed by atoms with van der Waals surface area (Å²) >= 11 is 0. The van der Waals surface area contributed by atoms with E-state index in [4.69, 9.17) is 10.5 Å². The predicted octanol–water partition coefficient (Wildman–Crippen LogP) is 3.21. The van der Waals surface area contributed by atoms with Crippen molar-refractivity contribution < 1.29 is 9.13 Å². The molecule has 17 heavy (non-hydrogen) atoms. The van der Waals surface area contributed by atoms with Gasteiger partial charge in [-0.3, -0.25) is 4.39 Å². The largest absolute Gasteiger partial charge is 0.496 e. The smallest absolute Gasteiger partial charge is 0.124 e. The summed E-state index contributed by atoms with van der Waals surface area (Å²) in [5.41, 5.74) is 6.92. The molecule has 0 saturated carbocycles. The number of hydrogen-bond donors (Lipinski definition) is 1. The monoisotopic (exact) mass is 233 g/mol. The number of benzene rings is 2. The molecule has 90 valence electrons. The molecule has 1 atom stereocenters. The number of rotatable bonds is 4. The summed E-state index contributed by atoms with van der Waals surface area (Å²) in [5, 5.41) is 2.13. The normalized spacial score (nSPS) is 12.6. The minimum Gasteiger partial charge on any atom is -0.496 e. The van der Waals surface area contributed by atoms with E-state index in [2.05, 4.69) is 0 Å². The van der Waals surface area contributed by atoms with E-state index in [1.165, 1.54) is 0 Å². The van der Waals surface area contributed by atoms with Gasteiger partial charge in [-0.15, -0.1) is 0 Å². The summed E-state index contributed by atoms with van der Waals surface area (Å²) in [6, 6.07) is 11.5. The predicted molar refractivity (Wildman–Crippen MR) is 68.0 cm³/mol. The van der Waals surface area contributed by atoms with Crippen molar-refractivity contribution in [2.24, 2.45) is 5.73 Å². The zero-order chi connectivity index (χ0) is 12.3. The average Bonchev–Trinajstić information content (AvgIpc) is 2.37. The van der Waals surface area contributed by atoms with Crippen LogP contribution in [-0.2, 0) is 0 Å². The number of alkyl halides is 1. The topological polar surface area (TPSA) is 35.2 Å². The van der Waals surface area contributed by atoms with Gasteiger partial charge in [0.05, 0.1) is 13.8 Å². The van der Waals surface area contributed by atoms with Crippen LogP contribution in [0.4, 0.5) is 4.39 Å². The third-order valence-electron chi connectivity index (χ3n) is 2.94. The van der Waals surface area contributed by atoms with E-state index in [0.717, 1.165) is 22.1 Å². The first kappa shape index (κ1) is 11.9. The van der Waals surface area contributed by atoms with Crippen molar-refractivity contribution in [2.45, 2.75) is 12.5 Å². The van der Waals surface area contributed by atoms with Gasteiger partial charge in [0.15, 0.2) is 0 Å². The third kappa shape index (κ3) is 2.24. The third-order valence-corrected chi connectivity index (χ3v) is 2.94. The van der Waals surface area contributed by atoms with Crippen LogP contribution in [-0.4, -0.2) is 13.8 Å². The van der Waals surface area contributed by atoms with Gasteiger partial charge in [-0.2, -0.15) is 0 Å². The molecule has 0 radical (unpaired) electrons. The Morgan fingerprint density at radius 1 is 1.24 bits per heavy atom. The van der Waals surface area contributed by atoms with Crippen LogP contribution in [0.1, 0.15) is 18.0 Å². The fourth-order valence-corrected chi connectivity index (χ4v) is 2.10. The molecule has 0 aliphatic carbocycles. The highest BCUT2D eigenvalue weighted by molar-refractivity contribution is 5.88. The van der Waals surface area contributed by atoms with Crippen molar-refractivity contribution in [3.8, 4) is 5.75 Å². The number of hydrogen-bond acceptors (Lipinski definition) is 2. The van der Waals surface area contributed by atoms with Gasteiger partial charge in [-0.1, -0.05) is 30.3 Å². The Hall–Kier alpha value is -1.61. The summed E-state index contributed by atoms with van der Waals surface area (Å²) in [4.78, 5) is 0. The molecule has 0 aliphatic rings. The Balaban J connectivity index is 2.62. The van der Waals surface area contributed by atoms with Crippen molar-refractivity contribution in [1.29, 1.82) is 0 Å². The van der Waals surface area contributed by atoms with E-state index in [1.54, 1.807) is 7.11 Å². The van der Waals surface area contributed by atoms with Crippen molar-refractivity contribution in [3.63, 3.8) is 0 Å². The zero-order valence-electron chi connectivity index (χ0n) is 9.82. The quantitative estimate of drug-likeness (QED) is 0.880. The maximum atomic E-state index is 12.4. The molecule has 2 aromatic rings. The minimum atomic E-state index is -0.423. The highest BCUT2D eigenvalue weighted by Crippen LogP contribution is 2.33. The first-order chi connectivity index (χ1) is 8.27.